The number of hydrogen-bond acceptors (Lipinski definition) is 7. The SMILES string of the molecule is COCCOC(=O)/C(=C/c1cc(OC)c(OC)c(OC)c1)C(C)=O. The molecule has 0 radical (unpaired) electrons. The van der Waals surface area contributed by atoms with Gasteiger partial charge in [-0.15, -0.1) is 0 Å². The molecule has 7 nitrogen and oxygen atoms in total. The van der Waals surface area contributed by atoms with Gasteiger partial charge in [-0.05, 0) is 30.7 Å². The van der Waals surface area contributed by atoms with Crippen molar-refractivity contribution in [3.8, 4) is 17.2 Å². The Hall–Kier alpha value is -2.54. The van der Waals surface area contributed by atoms with Crippen LogP contribution < -0.4 is 14.2 Å². The van der Waals surface area contributed by atoms with Crippen LogP contribution in [0.5, 0.6) is 17.2 Å². The summed E-state index contributed by atoms with van der Waals surface area (Å²) in [6.07, 6.45) is 1.42. The molecule has 1 rings (SSSR count). The molecule has 0 unspecified atom stereocenters. The highest BCUT2D eigenvalue weighted by Crippen LogP contribution is 2.38. The van der Waals surface area contributed by atoms with E-state index in [1.54, 1.807) is 12.1 Å². The van der Waals surface area contributed by atoms with Crippen molar-refractivity contribution in [3.63, 3.8) is 0 Å². The maximum atomic E-state index is 12.0. The molecule has 0 aliphatic rings. The number of esters is 1. The van der Waals surface area contributed by atoms with Crippen molar-refractivity contribution in [2.75, 3.05) is 41.7 Å². The van der Waals surface area contributed by atoms with Gasteiger partial charge >= 0.3 is 5.97 Å². The van der Waals surface area contributed by atoms with Crippen LogP contribution in [0.4, 0.5) is 0 Å². The molecule has 132 valence electrons. The topological polar surface area (TPSA) is 80.3 Å². The molecule has 24 heavy (non-hydrogen) atoms. The summed E-state index contributed by atoms with van der Waals surface area (Å²) in [6, 6.07) is 3.26. The number of carbonyl (C=O) groups is 2. The average Bonchev–Trinajstić information content (AvgIpc) is 2.58. The highest BCUT2D eigenvalue weighted by atomic mass is 16.6. The molecular weight excluding hydrogens is 316 g/mol. The fourth-order valence-corrected chi connectivity index (χ4v) is 1.95. The Morgan fingerprint density at radius 3 is 1.96 bits per heavy atom. The zero-order valence-electron chi connectivity index (χ0n) is 14.5. The molecule has 0 aliphatic carbocycles. The summed E-state index contributed by atoms with van der Waals surface area (Å²) < 4.78 is 25.5. The van der Waals surface area contributed by atoms with Gasteiger partial charge in [-0.2, -0.15) is 0 Å². The number of rotatable bonds is 9. The lowest BCUT2D eigenvalue weighted by atomic mass is 10.1. The minimum atomic E-state index is -0.715. The van der Waals surface area contributed by atoms with E-state index in [1.165, 1.54) is 41.4 Å². The second-order valence-electron chi connectivity index (χ2n) is 4.70. The lowest BCUT2D eigenvalue weighted by Crippen LogP contribution is -2.16. The Labute approximate surface area is 141 Å². The van der Waals surface area contributed by atoms with E-state index in [2.05, 4.69) is 0 Å². The zero-order valence-corrected chi connectivity index (χ0v) is 14.5. The van der Waals surface area contributed by atoms with E-state index in [1.807, 2.05) is 0 Å². The highest BCUT2D eigenvalue weighted by molar-refractivity contribution is 6.19. The highest BCUT2D eigenvalue weighted by Gasteiger charge is 2.18. The number of Topliss-reactive ketones (excluding diaryl/α,β-unsaturated/α-hetero) is 1. The minimum absolute atomic E-state index is 0.0647. The number of methoxy groups -OCH3 is 4. The fourth-order valence-electron chi connectivity index (χ4n) is 1.95. The minimum Gasteiger partial charge on any atom is -0.493 e. The predicted octanol–water partition coefficient (Wildman–Crippen LogP) is 1.87. The zero-order chi connectivity index (χ0) is 18.1. The van der Waals surface area contributed by atoms with Crippen LogP contribution in [0.2, 0.25) is 0 Å². The Bertz CT molecular complexity index is 594. The molecule has 0 N–H and O–H groups in total. The van der Waals surface area contributed by atoms with Crippen molar-refractivity contribution in [2.45, 2.75) is 6.92 Å². The average molecular weight is 338 g/mol. The molecule has 7 heteroatoms. The molecule has 0 fully saturated rings. The van der Waals surface area contributed by atoms with Crippen LogP contribution in [0.25, 0.3) is 6.08 Å². The van der Waals surface area contributed by atoms with E-state index in [0.29, 0.717) is 22.8 Å². The third-order valence-electron chi connectivity index (χ3n) is 3.12. The Kier molecular flexibility index (Phi) is 7.77. The van der Waals surface area contributed by atoms with Gasteiger partial charge in [0.15, 0.2) is 17.3 Å². The summed E-state index contributed by atoms with van der Waals surface area (Å²) in [5, 5.41) is 0. The summed E-state index contributed by atoms with van der Waals surface area (Å²) >= 11 is 0. The van der Waals surface area contributed by atoms with Gasteiger partial charge in [-0.3, -0.25) is 4.79 Å². The van der Waals surface area contributed by atoms with Gasteiger partial charge in [0.1, 0.15) is 12.2 Å². The van der Waals surface area contributed by atoms with Gasteiger partial charge in [0.2, 0.25) is 5.75 Å². The molecule has 0 amide bonds. The van der Waals surface area contributed by atoms with Crippen molar-refractivity contribution in [3.05, 3.63) is 23.3 Å². The summed E-state index contributed by atoms with van der Waals surface area (Å²) in [5.74, 6) is 0.126. The van der Waals surface area contributed by atoms with E-state index < -0.39 is 11.8 Å². The van der Waals surface area contributed by atoms with Crippen molar-refractivity contribution in [2.24, 2.45) is 0 Å². The van der Waals surface area contributed by atoms with Gasteiger partial charge < -0.3 is 23.7 Å². The maximum Gasteiger partial charge on any atom is 0.341 e. The second kappa shape index (κ2) is 9.57. The van der Waals surface area contributed by atoms with Gasteiger partial charge in [-0.1, -0.05) is 0 Å². The first kappa shape index (κ1) is 19.5. The van der Waals surface area contributed by atoms with E-state index in [-0.39, 0.29) is 18.8 Å². The quantitative estimate of drug-likeness (QED) is 0.223. The fraction of sp³-hybridized carbons (Fsp3) is 0.412. The van der Waals surface area contributed by atoms with Gasteiger partial charge in [-0.25, -0.2) is 4.79 Å². The number of ketones is 1. The van der Waals surface area contributed by atoms with Crippen LogP contribution in [0.3, 0.4) is 0 Å². The van der Waals surface area contributed by atoms with Crippen molar-refractivity contribution < 1.29 is 33.3 Å². The molecule has 1 aromatic rings. The lowest BCUT2D eigenvalue weighted by Gasteiger charge is -2.13. The summed E-state index contributed by atoms with van der Waals surface area (Å²) in [4.78, 5) is 23.8. The smallest absolute Gasteiger partial charge is 0.341 e. The normalized spacial score (nSPS) is 11.0. The van der Waals surface area contributed by atoms with E-state index in [9.17, 15) is 9.59 Å². The van der Waals surface area contributed by atoms with Crippen LogP contribution in [0, 0.1) is 0 Å². The first-order chi connectivity index (χ1) is 11.5. The van der Waals surface area contributed by atoms with E-state index >= 15 is 0 Å². The Balaban J connectivity index is 3.22. The van der Waals surface area contributed by atoms with Crippen LogP contribution >= 0.6 is 0 Å². The monoisotopic (exact) mass is 338 g/mol. The van der Waals surface area contributed by atoms with Gasteiger partial charge in [0, 0.05) is 7.11 Å². The maximum absolute atomic E-state index is 12.0. The summed E-state index contributed by atoms with van der Waals surface area (Å²) in [7, 11) is 5.95. The first-order valence-electron chi connectivity index (χ1n) is 7.17. The summed E-state index contributed by atoms with van der Waals surface area (Å²) in [5.41, 5.74) is 0.457. The summed E-state index contributed by atoms with van der Waals surface area (Å²) in [6.45, 7) is 1.61. The van der Waals surface area contributed by atoms with Gasteiger partial charge in [0.05, 0.1) is 27.9 Å². The molecule has 0 spiro atoms. The molecule has 0 saturated carbocycles. The van der Waals surface area contributed by atoms with Crippen molar-refractivity contribution >= 4 is 17.8 Å². The molecule has 0 bridgehead atoms. The Morgan fingerprint density at radius 1 is 0.958 bits per heavy atom. The molecule has 0 heterocycles. The largest absolute Gasteiger partial charge is 0.493 e. The van der Waals surface area contributed by atoms with Gasteiger partial charge in [0.25, 0.3) is 0 Å². The third kappa shape index (κ3) is 4.99. The van der Waals surface area contributed by atoms with Crippen LogP contribution in [-0.4, -0.2) is 53.4 Å². The first-order valence-corrected chi connectivity index (χ1v) is 7.17. The number of carbonyl (C=O) groups excluding carboxylic acids is 2. The van der Waals surface area contributed by atoms with E-state index in [4.69, 9.17) is 23.7 Å². The molecule has 1 aromatic carbocycles. The number of hydrogen-bond donors (Lipinski definition) is 0. The van der Waals surface area contributed by atoms with E-state index in [0.717, 1.165) is 0 Å². The Morgan fingerprint density at radius 2 is 1.54 bits per heavy atom. The lowest BCUT2D eigenvalue weighted by molar-refractivity contribution is -0.141. The third-order valence-corrected chi connectivity index (χ3v) is 3.12. The van der Waals surface area contributed by atoms with Crippen LogP contribution in [-0.2, 0) is 19.1 Å². The van der Waals surface area contributed by atoms with Crippen molar-refractivity contribution in [1.29, 1.82) is 0 Å². The van der Waals surface area contributed by atoms with Crippen LogP contribution in [0.15, 0.2) is 17.7 Å². The number of ether oxygens (including phenoxy) is 5. The second-order valence-corrected chi connectivity index (χ2v) is 4.70. The molecule has 0 aliphatic heterocycles. The molecular formula is C17H22O7. The standard InChI is InChI=1S/C17H22O7/c1-11(18)13(17(19)24-7-6-20-2)8-12-9-14(21-3)16(23-5)15(10-12)22-4/h8-10H,6-7H2,1-5H3/b13-8+. The molecule has 0 saturated heterocycles. The molecule has 0 atom stereocenters. The molecule has 0 aromatic heterocycles. The van der Waals surface area contributed by atoms with Crippen LogP contribution in [0.1, 0.15) is 12.5 Å². The predicted molar refractivity (Wildman–Crippen MR) is 87.6 cm³/mol. The van der Waals surface area contributed by atoms with Crippen molar-refractivity contribution in [1.82, 2.24) is 0 Å². The number of benzene rings is 1.